The molecule has 0 spiro atoms. The molecule has 3 aromatic rings. The SMILES string of the molecule is CCOc1ccc(NC(=O)/C(C#N)=C\c2ccc(-c3ccc(C(=O)OC)cc3C)o2)cc1. The number of esters is 1. The van der Waals surface area contributed by atoms with Gasteiger partial charge in [-0.1, -0.05) is 6.07 Å². The predicted molar refractivity (Wildman–Crippen MR) is 120 cm³/mol. The number of ether oxygens (including phenoxy) is 2. The molecule has 1 heterocycles. The van der Waals surface area contributed by atoms with Gasteiger partial charge >= 0.3 is 5.97 Å². The molecule has 0 radical (unpaired) electrons. The molecule has 0 unspecified atom stereocenters. The van der Waals surface area contributed by atoms with Crippen LogP contribution < -0.4 is 10.1 Å². The van der Waals surface area contributed by atoms with Crippen molar-refractivity contribution in [3.63, 3.8) is 0 Å². The van der Waals surface area contributed by atoms with E-state index in [4.69, 9.17) is 13.9 Å². The van der Waals surface area contributed by atoms with Crippen molar-refractivity contribution in [1.82, 2.24) is 0 Å². The molecule has 7 nitrogen and oxygen atoms in total. The van der Waals surface area contributed by atoms with Gasteiger partial charge in [0.1, 0.15) is 28.9 Å². The predicted octanol–water partition coefficient (Wildman–Crippen LogP) is 4.99. The van der Waals surface area contributed by atoms with Crippen LogP contribution in [0.1, 0.15) is 28.6 Å². The number of carbonyl (C=O) groups excluding carboxylic acids is 2. The lowest BCUT2D eigenvalue weighted by Crippen LogP contribution is -2.13. The van der Waals surface area contributed by atoms with E-state index in [0.717, 1.165) is 11.1 Å². The van der Waals surface area contributed by atoms with E-state index in [2.05, 4.69) is 5.32 Å². The number of nitrogens with one attached hydrogen (secondary N) is 1. The number of carbonyl (C=O) groups is 2. The number of anilines is 1. The number of amides is 1. The van der Waals surface area contributed by atoms with Crippen molar-refractivity contribution in [2.24, 2.45) is 0 Å². The summed E-state index contributed by atoms with van der Waals surface area (Å²) in [5.74, 6) is 0.636. The maximum absolute atomic E-state index is 12.5. The molecule has 162 valence electrons. The van der Waals surface area contributed by atoms with Gasteiger partial charge in [0.05, 0.1) is 19.3 Å². The van der Waals surface area contributed by atoms with Crippen LogP contribution >= 0.6 is 0 Å². The van der Waals surface area contributed by atoms with Gasteiger partial charge in [-0.25, -0.2) is 4.79 Å². The highest BCUT2D eigenvalue weighted by Gasteiger charge is 2.14. The molecule has 0 saturated carbocycles. The third-order valence-electron chi connectivity index (χ3n) is 4.61. The van der Waals surface area contributed by atoms with Crippen molar-refractivity contribution in [2.75, 3.05) is 19.0 Å². The maximum atomic E-state index is 12.5. The standard InChI is InChI=1S/C25H22N2O5/c1-4-31-20-8-6-19(7-9-20)27-24(28)18(15-26)14-21-10-12-23(32-21)22-11-5-17(13-16(22)2)25(29)30-3/h5-14H,4H2,1-3H3,(H,27,28)/b18-14-. The van der Waals surface area contributed by atoms with E-state index in [1.165, 1.54) is 13.2 Å². The first-order valence-electron chi connectivity index (χ1n) is 9.90. The minimum absolute atomic E-state index is 0.0995. The fourth-order valence-electron chi connectivity index (χ4n) is 3.05. The summed E-state index contributed by atoms with van der Waals surface area (Å²) in [5, 5.41) is 12.1. The van der Waals surface area contributed by atoms with E-state index in [1.54, 1.807) is 54.6 Å². The normalized spacial score (nSPS) is 10.9. The minimum atomic E-state index is -0.548. The van der Waals surface area contributed by atoms with Crippen molar-refractivity contribution in [3.05, 3.63) is 77.1 Å². The quantitative estimate of drug-likeness (QED) is 0.322. The molecule has 0 aliphatic rings. The van der Waals surface area contributed by atoms with Crippen LogP contribution in [0.25, 0.3) is 17.4 Å². The van der Waals surface area contributed by atoms with Gasteiger partial charge in [-0.15, -0.1) is 0 Å². The minimum Gasteiger partial charge on any atom is -0.494 e. The van der Waals surface area contributed by atoms with Crippen LogP contribution in [0, 0.1) is 18.3 Å². The van der Waals surface area contributed by atoms with E-state index >= 15 is 0 Å². The van der Waals surface area contributed by atoms with Crippen molar-refractivity contribution in [3.8, 4) is 23.1 Å². The van der Waals surface area contributed by atoms with Gasteiger partial charge in [-0.2, -0.15) is 5.26 Å². The number of aryl methyl sites for hydroxylation is 1. The van der Waals surface area contributed by atoms with Crippen LogP contribution in [0.2, 0.25) is 0 Å². The van der Waals surface area contributed by atoms with Crippen molar-refractivity contribution < 1.29 is 23.5 Å². The number of benzene rings is 2. The summed E-state index contributed by atoms with van der Waals surface area (Å²) >= 11 is 0. The van der Waals surface area contributed by atoms with Gasteiger partial charge in [0.15, 0.2) is 0 Å². The summed E-state index contributed by atoms with van der Waals surface area (Å²) < 4.78 is 15.9. The van der Waals surface area contributed by atoms with Crippen LogP contribution in [-0.4, -0.2) is 25.6 Å². The van der Waals surface area contributed by atoms with Crippen LogP contribution in [-0.2, 0) is 9.53 Å². The molecule has 1 N–H and O–H groups in total. The highest BCUT2D eigenvalue weighted by molar-refractivity contribution is 6.09. The second kappa shape index (κ2) is 10.1. The van der Waals surface area contributed by atoms with E-state index in [-0.39, 0.29) is 5.57 Å². The van der Waals surface area contributed by atoms with Gasteiger partial charge in [0.2, 0.25) is 0 Å². The first-order valence-corrected chi connectivity index (χ1v) is 9.90. The highest BCUT2D eigenvalue weighted by atomic mass is 16.5. The summed E-state index contributed by atoms with van der Waals surface area (Å²) in [4.78, 5) is 24.2. The fourth-order valence-corrected chi connectivity index (χ4v) is 3.05. The number of hydrogen-bond donors (Lipinski definition) is 1. The lowest BCUT2D eigenvalue weighted by molar-refractivity contribution is -0.112. The number of nitrogens with zero attached hydrogens (tertiary/aromatic N) is 1. The Hall–Kier alpha value is -4.31. The third kappa shape index (κ3) is 5.24. The molecule has 0 bridgehead atoms. The lowest BCUT2D eigenvalue weighted by Gasteiger charge is -2.06. The monoisotopic (exact) mass is 430 g/mol. The molecule has 3 rings (SSSR count). The van der Waals surface area contributed by atoms with Crippen LogP contribution in [0.15, 0.2) is 64.6 Å². The van der Waals surface area contributed by atoms with Crippen LogP contribution in [0.5, 0.6) is 5.75 Å². The lowest BCUT2D eigenvalue weighted by atomic mass is 10.0. The first kappa shape index (κ1) is 22.4. The van der Waals surface area contributed by atoms with E-state index in [9.17, 15) is 14.9 Å². The van der Waals surface area contributed by atoms with Crippen molar-refractivity contribution in [2.45, 2.75) is 13.8 Å². The topological polar surface area (TPSA) is 102 Å². The molecule has 32 heavy (non-hydrogen) atoms. The Balaban J connectivity index is 1.77. The van der Waals surface area contributed by atoms with E-state index < -0.39 is 11.9 Å². The second-order valence-corrected chi connectivity index (χ2v) is 6.80. The highest BCUT2D eigenvalue weighted by Crippen LogP contribution is 2.27. The Morgan fingerprint density at radius 3 is 2.50 bits per heavy atom. The van der Waals surface area contributed by atoms with Gasteiger partial charge in [-0.05, 0) is 67.9 Å². The summed E-state index contributed by atoms with van der Waals surface area (Å²) in [6.45, 7) is 4.29. The summed E-state index contributed by atoms with van der Waals surface area (Å²) in [6.07, 6.45) is 1.38. The fraction of sp³-hybridized carbons (Fsp3) is 0.160. The Morgan fingerprint density at radius 1 is 1.12 bits per heavy atom. The molecule has 0 aliphatic heterocycles. The van der Waals surface area contributed by atoms with Crippen LogP contribution in [0.4, 0.5) is 5.69 Å². The number of hydrogen-bond acceptors (Lipinski definition) is 6. The zero-order chi connectivity index (χ0) is 23.1. The molecule has 0 saturated heterocycles. The second-order valence-electron chi connectivity index (χ2n) is 6.80. The van der Waals surface area contributed by atoms with Gasteiger partial charge in [0.25, 0.3) is 5.91 Å². The zero-order valence-corrected chi connectivity index (χ0v) is 18.0. The largest absolute Gasteiger partial charge is 0.494 e. The molecule has 1 aromatic heterocycles. The van der Waals surface area contributed by atoms with Gasteiger partial charge < -0.3 is 19.2 Å². The van der Waals surface area contributed by atoms with Gasteiger partial charge in [0, 0.05) is 17.3 Å². The number of furan rings is 1. The average molecular weight is 430 g/mol. The number of nitriles is 1. The van der Waals surface area contributed by atoms with Gasteiger partial charge in [-0.3, -0.25) is 4.79 Å². The van der Waals surface area contributed by atoms with E-state index in [1.807, 2.05) is 19.9 Å². The Labute approximate surface area is 185 Å². The van der Waals surface area contributed by atoms with E-state index in [0.29, 0.717) is 35.1 Å². The molecule has 0 aliphatic carbocycles. The molecule has 0 atom stereocenters. The third-order valence-corrected chi connectivity index (χ3v) is 4.61. The zero-order valence-electron chi connectivity index (χ0n) is 18.0. The number of methoxy groups -OCH3 is 1. The summed E-state index contributed by atoms with van der Waals surface area (Å²) in [5.41, 5.74) is 2.50. The Morgan fingerprint density at radius 2 is 1.88 bits per heavy atom. The number of rotatable bonds is 7. The Bertz CT molecular complexity index is 1200. The Kier molecular flexibility index (Phi) is 7.09. The molecule has 0 fully saturated rings. The average Bonchev–Trinajstić information content (AvgIpc) is 3.26. The summed E-state index contributed by atoms with van der Waals surface area (Å²) in [6, 6.07) is 17.3. The van der Waals surface area contributed by atoms with Crippen molar-refractivity contribution in [1.29, 1.82) is 5.26 Å². The summed E-state index contributed by atoms with van der Waals surface area (Å²) in [7, 11) is 1.33. The molecule has 7 heteroatoms. The smallest absolute Gasteiger partial charge is 0.337 e. The molecule has 1 amide bonds. The van der Waals surface area contributed by atoms with Crippen molar-refractivity contribution >= 4 is 23.6 Å². The molecular weight excluding hydrogens is 408 g/mol. The van der Waals surface area contributed by atoms with Crippen LogP contribution in [0.3, 0.4) is 0 Å². The maximum Gasteiger partial charge on any atom is 0.337 e. The molecule has 2 aromatic carbocycles. The first-order chi connectivity index (χ1) is 15.4. The molecular formula is C25H22N2O5.